The highest BCUT2D eigenvalue weighted by atomic mass is 32.2. The lowest BCUT2D eigenvalue weighted by Crippen LogP contribution is -2.55. The maximum absolute atomic E-state index is 13.3. The van der Waals surface area contributed by atoms with Gasteiger partial charge in [0.25, 0.3) is 0 Å². The number of hydrogen-bond acceptors (Lipinski definition) is 4. The fraction of sp³-hybridized carbons (Fsp3) is 0.929. The van der Waals surface area contributed by atoms with Crippen molar-refractivity contribution in [3.05, 3.63) is 0 Å². The molecule has 0 aromatic heterocycles. The molecule has 0 amide bonds. The van der Waals surface area contributed by atoms with Crippen molar-refractivity contribution in [2.75, 3.05) is 6.61 Å². The number of carbonyl (C=O) groups is 1. The van der Waals surface area contributed by atoms with Crippen molar-refractivity contribution in [3.63, 3.8) is 0 Å². The summed E-state index contributed by atoms with van der Waals surface area (Å²) in [5, 5.41) is -4.89. The molecule has 3 bridgehead atoms. The van der Waals surface area contributed by atoms with Gasteiger partial charge in [-0.15, -0.1) is 0 Å². The van der Waals surface area contributed by atoms with Gasteiger partial charge in [0, 0.05) is 5.41 Å². The van der Waals surface area contributed by atoms with Crippen LogP contribution in [0.25, 0.3) is 0 Å². The van der Waals surface area contributed by atoms with Crippen LogP contribution in [0.5, 0.6) is 0 Å². The fourth-order valence-electron chi connectivity index (χ4n) is 6.23. The molecule has 1 N–H and O–H groups in total. The molecular formula is C14H18F2O5S. The molecule has 0 aliphatic heterocycles. The summed E-state index contributed by atoms with van der Waals surface area (Å²) < 4.78 is 60.9. The van der Waals surface area contributed by atoms with E-state index in [2.05, 4.69) is 4.74 Å². The predicted octanol–water partition coefficient (Wildman–Crippen LogP) is 2.23. The topological polar surface area (TPSA) is 80.7 Å². The van der Waals surface area contributed by atoms with E-state index in [1.54, 1.807) is 0 Å². The number of alkyl halides is 2. The second kappa shape index (κ2) is 4.01. The van der Waals surface area contributed by atoms with Gasteiger partial charge in [-0.05, 0) is 61.7 Å². The molecule has 0 radical (unpaired) electrons. The summed E-state index contributed by atoms with van der Waals surface area (Å²) in [4.78, 5) is 11.4. The average Bonchev–Trinajstić information content (AvgIpc) is 2.71. The van der Waals surface area contributed by atoms with Gasteiger partial charge < -0.3 is 4.74 Å². The molecule has 1 spiro atoms. The van der Waals surface area contributed by atoms with Crippen molar-refractivity contribution < 1.29 is 31.3 Å². The number of carbonyl (C=O) groups excluding carboxylic acids is 1. The lowest BCUT2D eigenvalue weighted by molar-refractivity contribution is -0.182. The van der Waals surface area contributed by atoms with Crippen LogP contribution in [0.4, 0.5) is 8.78 Å². The molecule has 124 valence electrons. The van der Waals surface area contributed by atoms with Crippen molar-refractivity contribution in [1.29, 1.82) is 0 Å². The first-order valence-corrected chi connectivity index (χ1v) is 9.06. The van der Waals surface area contributed by atoms with E-state index in [0.29, 0.717) is 17.8 Å². The minimum Gasteiger partial charge on any atom is -0.460 e. The van der Waals surface area contributed by atoms with Gasteiger partial charge in [0.1, 0.15) is 0 Å². The van der Waals surface area contributed by atoms with Gasteiger partial charge in [-0.2, -0.15) is 17.2 Å². The normalized spacial score (nSPS) is 45.5. The van der Waals surface area contributed by atoms with Crippen molar-refractivity contribution in [3.8, 4) is 0 Å². The number of rotatable bonds is 4. The highest BCUT2D eigenvalue weighted by molar-refractivity contribution is 7.87. The van der Waals surface area contributed by atoms with Gasteiger partial charge in [0.2, 0.25) is 0 Å². The highest BCUT2D eigenvalue weighted by Gasteiger charge is 2.74. The zero-order chi connectivity index (χ0) is 16.0. The van der Waals surface area contributed by atoms with E-state index in [1.807, 2.05) is 0 Å². The maximum atomic E-state index is 13.3. The molecule has 5 unspecified atom stereocenters. The zero-order valence-electron chi connectivity index (χ0n) is 11.9. The van der Waals surface area contributed by atoms with Crippen LogP contribution in [0.3, 0.4) is 0 Å². The summed E-state index contributed by atoms with van der Waals surface area (Å²) in [5.41, 5.74) is -0.132. The Kier molecular flexibility index (Phi) is 2.70. The molecule has 0 aromatic rings. The number of esters is 1. The van der Waals surface area contributed by atoms with Crippen molar-refractivity contribution >= 4 is 16.1 Å². The van der Waals surface area contributed by atoms with Crippen LogP contribution in [0, 0.1) is 28.6 Å². The van der Waals surface area contributed by atoms with Crippen molar-refractivity contribution in [1.82, 2.24) is 0 Å². The Morgan fingerprint density at radius 2 is 1.86 bits per heavy atom. The molecule has 4 fully saturated rings. The number of ether oxygens (including phenoxy) is 1. The van der Waals surface area contributed by atoms with E-state index in [4.69, 9.17) is 4.55 Å². The smallest absolute Gasteiger partial charge is 0.460 e. The van der Waals surface area contributed by atoms with E-state index < -0.39 is 21.3 Å². The second-order valence-corrected chi connectivity index (χ2v) is 9.18. The van der Waals surface area contributed by atoms with Crippen LogP contribution in [0.15, 0.2) is 0 Å². The largest absolute Gasteiger partial charge is 0.465 e. The number of halogens is 2. The first-order chi connectivity index (χ1) is 10.1. The fourth-order valence-corrected chi connectivity index (χ4v) is 6.50. The van der Waals surface area contributed by atoms with Crippen LogP contribution in [-0.4, -0.2) is 30.8 Å². The summed E-state index contributed by atoms with van der Waals surface area (Å²) in [7, 11) is -5.79. The molecular weight excluding hydrogens is 318 g/mol. The van der Waals surface area contributed by atoms with E-state index in [-0.39, 0.29) is 17.4 Å². The Balaban J connectivity index is 1.51. The van der Waals surface area contributed by atoms with Gasteiger partial charge in [-0.1, -0.05) is 0 Å². The second-order valence-electron chi connectivity index (χ2n) is 7.72. The molecule has 5 atom stereocenters. The summed E-state index contributed by atoms with van der Waals surface area (Å²) in [6, 6.07) is 0. The summed E-state index contributed by atoms with van der Waals surface area (Å²) in [6.45, 7) is -0.156. The van der Waals surface area contributed by atoms with Crippen LogP contribution >= 0.6 is 0 Å². The van der Waals surface area contributed by atoms with E-state index in [9.17, 15) is 22.0 Å². The highest BCUT2D eigenvalue weighted by Crippen LogP contribution is 2.81. The monoisotopic (exact) mass is 336 g/mol. The first-order valence-electron chi connectivity index (χ1n) is 7.62. The van der Waals surface area contributed by atoms with E-state index >= 15 is 0 Å². The Bertz CT molecular complexity index is 642. The van der Waals surface area contributed by atoms with E-state index in [0.717, 1.165) is 25.7 Å². The third kappa shape index (κ3) is 1.60. The van der Waals surface area contributed by atoms with Gasteiger partial charge in [-0.25, -0.2) is 4.79 Å². The van der Waals surface area contributed by atoms with Gasteiger partial charge in [0.15, 0.2) is 0 Å². The minimum atomic E-state index is -5.79. The number of hydrogen-bond donors (Lipinski definition) is 1. The molecule has 4 saturated carbocycles. The zero-order valence-corrected chi connectivity index (χ0v) is 12.7. The maximum Gasteiger partial charge on any atom is 0.465 e. The van der Waals surface area contributed by atoms with Crippen LogP contribution in [0.1, 0.15) is 38.5 Å². The summed E-state index contributed by atoms with van der Waals surface area (Å²) in [6.07, 6.45) is 6.29. The molecule has 22 heavy (non-hydrogen) atoms. The average molecular weight is 336 g/mol. The first kappa shape index (κ1) is 14.8. The van der Waals surface area contributed by atoms with Crippen LogP contribution in [-0.2, 0) is 19.6 Å². The molecule has 0 aromatic carbocycles. The lowest BCUT2D eigenvalue weighted by Gasteiger charge is -2.58. The van der Waals surface area contributed by atoms with E-state index in [1.165, 1.54) is 12.8 Å². The molecule has 4 rings (SSSR count). The standard InChI is InChI=1S/C14H18F2O5S/c15-14(16,22(18,19)20)11(17)21-7-12-3-9-1-8-2-10(6-12)13(12,4-8)5-9/h8-10H,1-7H2,(H,18,19,20). The quantitative estimate of drug-likeness (QED) is 0.629. The SMILES string of the molecule is O=C(OCC12CC3CC4CC(C1)C2(C4)C3)C(F)(F)S(=O)(=O)O. The molecule has 4 aliphatic carbocycles. The van der Waals surface area contributed by atoms with Gasteiger partial charge in [-0.3, -0.25) is 4.55 Å². The third-order valence-electron chi connectivity index (χ3n) is 6.79. The van der Waals surface area contributed by atoms with Gasteiger partial charge >= 0.3 is 21.3 Å². The molecule has 0 saturated heterocycles. The molecule has 0 heterocycles. The lowest BCUT2D eigenvalue weighted by atomic mass is 9.46. The minimum absolute atomic E-state index is 0.119. The molecule has 8 heteroatoms. The van der Waals surface area contributed by atoms with Crippen molar-refractivity contribution in [2.24, 2.45) is 28.6 Å². The number of fused-ring (bicyclic) bond motifs is 2. The summed E-state index contributed by atoms with van der Waals surface area (Å²) in [5.74, 6) is -0.277. The molecule has 4 aliphatic rings. The predicted molar refractivity (Wildman–Crippen MR) is 70.5 cm³/mol. The van der Waals surface area contributed by atoms with Crippen LogP contribution < -0.4 is 0 Å². The Morgan fingerprint density at radius 1 is 1.18 bits per heavy atom. The Labute approximate surface area is 127 Å². The van der Waals surface area contributed by atoms with Crippen molar-refractivity contribution in [2.45, 2.75) is 43.8 Å². The van der Waals surface area contributed by atoms with Crippen LogP contribution in [0.2, 0.25) is 0 Å². The summed E-state index contributed by atoms with van der Waals surface area (Å²) >= 11 is 0. The molecule has 5 nitrogen and oxygen atoms in total. The Hall–Kier alpha value is -0.760. The van der Waals surface area contributed by atoms with Gasteiger partial charge in [0.05, 0.1) is 6.61 Å². The third-order valence-corrected chi connectivity index (χ3v) is 7.60. The Morgan fingerprint density at radius 3 is 2.55 bits per heavy atom.